The average molecular weight is 197 g/mol. The van der Waals surface area contributed by atoms with E-state index < -0.39 is 0 Å². The standard InChI is InChI=1S/C12H24N2/c1-14-8-4-12(5-9-14)10-11-2-6-13-7-3-11/h11-13H,2-10H2,1H3/p+1. The van der Waals surface area contributed by atoms with Crippen LogP contribution in [0.2, 0.25) is 0 Å². The van der Waals surface area contributed by atoms with Gasteiger partial charge < -0.3 is 10.2 Å². The van der Waals surface area contributed by atoms with Crippen LogP contribution < -0.4 is 5.32 Å². The predicted octanol–water partition coefficient (Wildman–Crippen LogP) is 0.692. The summed E-state index contributed by atoms with van der Waals surface area (Å²) in [5, 5.41) is 2.48. The molecule has 2 rings (SSSR count). The number of hydrogen-bond donors (Lipinski definition) is 1. The van der Waals surface area contributed by atoms with Crippen molar-refractivity contribution in [3.05, 3.63) is 0 Å². The van der Waals surface area contributed by atoms with Crippen molar-refractivity contribution < 1.29 is 5.32 Å². The second kappa shape index (κ2) is 5.13. The quantitative estimate of drug-likeness (QED) is 0.690. The molecule has 0 aromatic heterocycles. The molecule has 2 saturated heterocycles. The smallest absolute Gasteiger partial charge is 0.0758 e. The van der Waals surface area contributed by atoms with Gasteiger partial charge in [0.05, 0.1) is 13.1 Å². The molecule has 0 aromatic carbocycles. The summed E-state index contributed by atoms with van der Waals surface area (Å²) in [5.74, 6) is 2.11. The first-order valence-corrected chi connectivity index (χ1v) is 6.35. The van der Waals surface area contributed by atoms with Gasteiger partial charge in [0.15, 0.2) is 0 Å². The van der Waals surface area contributed by atoms with Crippen LogP contribution in [0, 0.1) is 11.8 Å². The Kier molecular flexibility index (Phi) is 3.82. The number of nitrogens with two attached hydrogens (primary N) is 1. The maximum absolute atomic E-state index is 2.48. The van der Waals surface area contributed by atoms with Crippen molar-refractivity contribution >= 4 is 0 Å². The minimum atomic E-state index is 1.05. The normalized spacial score (nSPS) is 28.1. The van der Waals surface area contributed by atoms with E-state index in [1.54, 1.807) is 0 Å². The number of piperidine rings is 2. The molecular formula is C12H25N2+. The fourth-order valence-corrected chi connectivity index (χ4v) is 3.00. The summed E-state index contributed by atoms with van der Waals surface area (Å²) in [6, 6.07) is 0. The van der Waals surface area contributed by atoms with Crippen LogP contribution in [0.3, 0.4) is 0 Å². The summed E-state index contributed by atoms with van der Waals surface area (Å²) in [4.78, 5) is 2.48. The van der Waals surface area contributed by atoms with Gasteiger partial charge in [-0.2, -0.15) is 0 Å². The Hall–Kier alpha value is -0.0800. The van der Waals surface area contributed by atoms with Gasteiger partial charge in [-0.1, -0.05) is 0 Å². The lowest BCUT2D eigenvalue weighted by Crippen LogP contribution is -2.86. The summed E-state index contributed by atoms with van der Waals surface area (Å²) in [6.07, 6.45) is 7.40. The largest absolute Gasteiger partial charge is 0.346 e. The van der Waals surface area contributed by atoms with Gasteiger partial charge in [-0.3, -0.25) is 0 Å². The molecule has 2 heterocycles. The van der Waals surface area contributed by atoms with E-state index in [-0.39, 0.29) is 0 Å². The fraction of sp³-hybridized carbons (Fsp3) is 1.00. The summed E-state index contributed by atoms with van der Waals surface area (Å²) in [5.41, 5.74) is 0. The fourth-order valence-electron chi connectivity index (χ4n) is 3.00. The number of quaternary nitrogens is 1. The molecule has 2 N–H and O–H groups in total. The highest BCUT2D eigenvalue weighted by molar-refractivity contribution is 4.73. The van der Waals surface area contributed by atoms with Crippen molar-refractivity contribution in [2.75, 3.05) is 33.2 Å². The molecule has 0 aromatic rings. The molecule has 0 radical (unpaired) electrons. The number of hydrogen-bond acceptors (Lipinski definition) is 1. The lowest BCUT2D eigenvalue weighted by Gasteiger charge is -2.32. The summed E-state index contributed by atoms with van der Waals surface area (Å²) < 4.78 is 0. The molecule has 0 bridgehead atoms. The first kappa shape index (κ1) is 10.4. The topological polar surface area (TPSA) is 19.9 Å². The molecule has 2 fully saturated rings. The molecular weight excluding hydrogens is 172 g/mol. The number of nitrogens with zero attached hydrogens (tertiary/aromatic N) is 1. The van der Waals surface area contributed by atoms with Crippen molar-refractivity contribution in [2.45, 2.75) is 32.1 Å². The molecule has 2 heteroatoms. The van der Waals surface area contributed by atoms with Crippen LogP contribution in [0.4, 0.5) is 0 Å². The highest BCUT2D eigenvalue weighted by Crippen LogP contribution is 2.26. The first-order chi connectivity index (χ1) is 6.84. The van der Waals surface area contributed by atoms with Gasteiger partial charge in [0.1, 0.15) is 0 Å². The van der Waals surface area contributed by atoms with E-state index in [1.165, 1.54) is 58.3 Å². The van der Waals surface area contributed by atoms with Crippen LogP contribution >= 0.6 is 0 Å². The lowest BCUT2D eigenvalue weighted by molar-refractivity contribution is -0.665. The monoisotopic (exact) mass is 197 g/mol. The summed E-state index contributed by atoms with van der Waals surface area (Å²) >= 11 is 0. The first-order valence-electron chi connectivity index (χ1n) is 6.35. The second-order valence-corrected chi connectivity index (χ2v) is 5.29. The van der Waals surface area contributed by atoms with Crippen molar-refractivity contribution in [1.29, 1.82) is 0 Å². The highest BCUT2D eigenvalue weighted by Gasteiger charge is 2.22. The Morgan fingerprint density at radius 2 is 1.57 bits per heavy atom. The van der Waals surface area contributed by atoms with Crippen LogP contribution in [0.15, 0.2) is 0 Å². The second-order valence-electron chi connectivity index (χ2n) is 5.29. The minimum Gasteiger partial charge on any atom is -0.346 e. The Morgan fingerprint density at radius 3 is 2.21 bits per heavy atom. The van der Waals surface area contributed by atoms with Crippen LogP contribution in [0.25, 0.3) is 0 Å². The summed E-state index contributed by atoms with van der Waals surface area (Å²) in [7, 11) is 2.26. The van der Waals surface area contributed by atoms with Crippen LogP contribution in [-0.4, -0.2) is 38.1 Å². The van der Waals surface area contributed by atoms with E-state index in [0.29, 0.717) is 0 Å². The van der Waals surface area contributed by atoms with Gasteiger partial charge >= 0.3 is 0 Å². The van der Waals surface area contributed by atoms with E-state index in [1.807, 2.05) is 0 Å². The number of likely N-dealkylation sites (tertiary alicyclic amines) is 1. The molecule has 2 nitrogen and oxygen atoms in total. The third kappa shape index (κ3) is 2.96. The minimum absolute atomic E-state index is 1.05. The van der Waals surface area contributed by atoms with E-state index in [2.05, 4.69) is 17.3 Å². The maximum Gasteiger partial charge on any atom is 0.0758 e. The third-order valence-corrected chi connectivity index (χ3v) is 4.06. The average Bonchev–Trinajstić information content (AvgIpc) is 2.23. The molecule has 0 aliphatic carbocycles. The number of rotatable bonds is 2. The van der Waals surface area contributed by atoms with Crippen molar-refractivity contribution in [3.63, 3.8) is 0 Å². The van der Waals surface area contributed by atoms with Gasteiger partial charge in [0.25, 0.3) is 0 Å². The van der Waals surface area contributed by atoms with E-state index in [4.69, 9.17) is 0 Å². The maximum atomic E-state index is 2.48. The van der Waals surface area contributed by atoms with E-state index in [0.717, 1.165) is 11.8 Å². The van der Waals surface area contributed by atoms with Gasteiger partial charge in [-0.25, -0.2) is 0 Å². The zero-order valence-corrected chi connectivity index (χ0v) is 9.54. The third-order valence-electron chi connectivity index (χ3n) is 4.06. The zero-order chi connectivity index (χ0) is 9.80. The lowest BCUT2D eigenvalue weighted by atomic mass is 9.83. The van der Waals surface area contributed by atoms with E-state index >= 15 is 0 Å². The molecule has 0 atom stereocenters. The SMILES string of the molecule is CN1CCC(CC2CC[NH2+]CC2)CC1. The Labute approximate surface area is 88.1 Å². The van der Waals surface area contributed by atoms with E-state index in [9.17, 15) is 0 Å². The Morgan fingerprint density at radius 1 is 1.00 bits per heavy atom. The van der Waals surface area contributed by atoms with Crippen molar-refractivity contribution in [1.82, 2.24) is 4.90 Å². The van der Waals surface area contributed by atoms with Crippen LogP contribution in [0.5, 0.6) is 0 Å². The van der Waals surface area contributed by atoms with Crippen molar-refractivity contribution in [3.8, 4) is 0 Å². The van der Waals surface area contributed by atoms with Gasteiger partial charge in [0.2, 0.25) is 0 Å². The van der Waals surface area contributed by atoms with Gasteiger partial charge in [-0.05, 0) is 64.1 Å². The summed E-state index contributed by atoms with van der Waals surface area (Å²) in [6.45, 7) is 5.45. The van der Waals surface area contributed by atoms with Gasteiger partial charge in [0, 0.05) is 0 Å². The highest BCUT2D eigenvalue weighted by atomic mass is 15.1. The molecule has 14 heavy (non-hydrogen) atoms. The molecule has 82 valence electrons. The van der Waals surface area contributed by atoms with Crippen LogP contribution in [0.1, 0.15) is 32.1 Å². The van der Waals surface area contributed by atoms with Crippen LogP contribution in [-0.2, 0) is 0 Å². The molecule has 2 aliphatic rings. The van der Waals surface area contributed by atoms with Gasteiger partial charge in [-0.15, -0.1) is 0 Å². The molecule has 0 spiro atoms. The molecule has 0 saturated carbocycles. The predicted molar refractivity (Wildman–Crippen MR) is 59.2 cm³/mol. The zero-order valence-electron chi connectivity index (χ0n) is 9.54. The molecule has 2 aliphatic heterocycles. The molecule has 0 unspecified atom stereocenters. The Balaban J connectivity index is 1.68. The van der Waals surface area contributed by atoms with Crippen molar-refractivity contribution in [2.24, 2.45) is 11.8 Å². The Bertz CT molecular complexity index is 156. The molecule has 0 amide bonds.